The van der Waals surface area contributed by atoms with Crippen LogP contribution in [0.25, 0.3) is 0 Å². The maximum Gasteiger partial charge on any atom is 0.365 e. The number of Topliss-reactive ketones (excluding diaryl/α,β-unsaturated/α-hetero) is 1. The summed E-state index contributed by atoms with van der Waals surface area (Å²) in [6.45, 7) is 3.34. The standard InChI is InChI=1S/C21H18N4O5S2/c1-13-18(14(2)26)31-21(23(13)15-7-5-4-6-8-15)24(22-19(32-21)20(27)30-3)16-9-11-17(12-10-16)25(28)29/h4-12H,1-3H3/t21-/m0/s1. The van der Waals surface area contributed by atoms with E-state index in [-0.39, 0.29) is 16.5 Å². The summed E-state index contributed by atoms with van der Waals surface area (Å²) in [5.74, 6) is -0.720. The van der Waals surface area contributed by atoms with Gasteiger partial charge < -0.3 is 9.64 Å². The Hall–Kier alpha value is -3.31. The number of carbonyl (C=O) groups excluding carboxylic acids is 2. The lowest BCUT2D eigenvalue weighted by Crippen LogP contribution is -2.49. The van der Waals surface area contributed by atoms with E-state index in [1.807, 2.05) is 42.2 Å². The molecule has 4 rings (SSSR count). The molecule has 0 aromatic heterocycles. The Morgan fingerprint density at radius 3 is 2.28 bits per heavy atom. The van der Waals surface area contributed by atoms with Gasteiger partial charge in [0.15, 0.2) is 5.78 Å². The Morgan fingerprint density at radius 2 is 1.72 bits per heavy atom. The largest absolute Gasteiger partial charge is 0.464 e. The summed E-state index contributed by atoms with van der Waals surface area (Å²) in [7, 11) is 1.27. The number of rotatable bonds is 5. The first-order chi connectivity index (χ1) is 15.3. The van der Waals surface area contributed by atoms with Crippen molar-refractivity contribution in [3.63, 3.8) is 0 Å². The number of ketones is 1. The first-order valence-corrected chi connectivity index (χ1v) is 11.1. The molecule has 0 amide bonds. The van der Waals surface area contributed by atoms with Crippen molar-refractivity contribution in [2.75, 3.05) is 17.0 Å². The molecule has 0 fully saturated rings. The van der Waals surface area contributed by atoms with Crippen LogP contribution in [0.1, 0.15) is 13.8 Å². The Morgan fingerprint density at radius 1 is 1.06 bits per heavy atom. The second kappa shape index (κ2) is 8.32. The van der Waals surface area contributed by atoms with E-state index in [1.165, 1.54) is 37.9 Å². The van der Waals surface area contributed by atoms with Crippen LogP contribution in [-0.4, -0.2) is 33.2 Å². The van der Waals surface area contributed by atoms with Gasteiger partial charge in [0.05, 0.1) is 22.6 Å². The molecule has 0 bridgehead atoms. The van der Waals surface area contributed by atoms with Crippen molar-refractivity contribution in [3.05, 3.63) is 75.3 Å². The summed E-state index contributed by atoms with van der Waals surface area (Å²) in [6.07, 6.45) is 0. The van der Waals surface area contributed by atoms with Crippen LogP contribution in [0.5, 0.6) is 0 Å². The number of hydrogen-bond acceptors (Lipinski definition) is 10. The minimum Gasteiger partial charge on any atom is -0.464 e. The number of benzene rings is 2. The minimum absolute atomic E-state index is 0.0652. The van der Waals surface area contributed by atoms with Crippen molar-refractivity contribution < 1.29 is 19.2 Å². The van der Waals surface area contributed by atoms with E-state index in [2.05, 4.69) is 5.10 Å². The second-order valence-corrected chi connectivity index (χ2v) is 9.48. The molecule has 9 nitrogen and oxygen atoms in total. The summed E-state index contributed by atoms with van der Waals surface area (Å²) in [6, 6.07) is 15.3. The van der Waals surface area contributed by atoms with Crippen molar-refractivity contribution in [1.82, 2.24) is 0 Å². The maximum absolute atomic E-state index is 12.5. The Bertz CT molecular complexity index is 1170. The van der Waals surface area contributed by atoms with Gasteiger partial charge in [-0.1, -0.05) is 30.0 Å². The molecule has 1 spiro atoms. The molecule has 164 valence electrons. The van der Waals surface area contributed by atoms with Gasteiger partial charge in [0.25, 0.3) is 5.69 Å². The zero-order valence-electron chi connectivity index (χ0n) is 17.3. The molecule has 2 aliphatic heterocycles. The van der Waals surface area contributed by atoms with Crippen LogP contribution in [0.2, 0.25) is 0 Å². The van der Waals surface area contributed by atoms with Crippen LogP contribution < -0.4 is 9.91 Å². The maximum atomic E-state index is 12.5. The number of nitrogens with zero attached hydrogens (tertiary/aromatic N) is 4. The number of nitro groups is 1. The number of anilines is 2. The minimum atomic E-state index is -1.08. The van der Waals surface area contributed by atoms with Crippen LogP contribution in [0.3, 0.4) is 0 Å². The number of allylic oxidation sites excluding steroid dienone is 2. The van der Waals surface area contributed by atoms with Crippen molar-refractivity contribution in [2.45, 2.75) is 18.2 Å². The molecule has 0 saturated heterocycles. The number of ether oxygens (including phenoxy) is 1. The molecular weight excluding hydrogens is 452 g/mol. The second-order valence-electron chi connectivity index (χ2n) is 6.88. The van der Waals surface area contributed by atoms with Gasteiger partial charge in [0, 0.05) is 23.5 Å². The number of esters is 1. The molecule has 0 saturated carbocycles. The Labute approximate surface area is 192 Å². The van der Waals surface area contributed by atoms with Gasteiger partial charge >= 0.3 is 5.97 Å². The average Bonchev–Trinajstić information content (AvgIpc) is 3.31. The number of carbonyl (C=O) groups is 2. The Kier molecular flexibility index (Phi) is 5.70. The van der Waals surface area contributed by atoms with Gasteiger partial charge in [-0.3, -0.25) is 14.9 Å². The number of nitro benzene ring substituents is 1. The fraction of sp³-hybridized carbons (Fsp3) is 0.190. The molecule has 2 aromatic carbocycles. The van der Waals surface area contributed by atoms with E-state index in [1.54, 1.807) is 17.1 Å². The molecule has 2 aromatic rings. The van der Waals surface area contributed by atoms with Crippen LogP contribution >= 0.6 is 23.5 Å². The highest BCUT2D eigenvalue weighted by Crippen LogP contribution is 2.60. The number of para-hydroxylation sites is 1. The van der Waals surface area contributed by atoms with Crippen molar-refractivity contribution in [2.24, 2.45) is 5.10 Å². The molecule has 0 radical (unpaired) electrons. The SMILES string of the molecule is COC(=O)C1=NN(c2ccc([N+](=O)[O-])cc2)[C@]2(S1)SC(C(C)=O)=C(C)N2c1ccccc1. The zero-order valence-corrected chi connectivity index (χ0v) is 19.0. The molecule has 0 N–H and O–H groups in total. The van der Waals surface area contributed by atoms with E-state index in [9.17, 15) is 19.7 Å². The quantitative estimate of drug-likeness (QED) is 0.359. The van der Waals surface area contributed by atoms with Gasteiger partial charge in [-0.05, 0) is 49.9 Å². The average molecular weight is 471 g/mol. The predicted molar refractivity (Wildman–Crippen MR) is 125 cm³/mol. The lowest BCUT2D eigenvalue weighted by molar-refractivity contribution is -0.384. The highest BCUT2D eigenvalue weighted by atomic mass is 32.2. The van der Waals surface area contributed by atoms with Crippen molar-refractivity contribution in [3.8, 4) is 0 Å². The highest BCUT2D eigenvalue weighted by molar-refractivity contribution is 8.29. The normalized spacial score (nSPS) is 20.0. The van der Waals surface area contributed by atoms with Gasteiger partial charge in [-0.2, -0.15) is 5.10 Å². The first-order valence-electron chi connectivity index (χ1n) is 9.45. The van der Waals surface area contributed by atoms with E-state index < -0.39 is 15.2 Å². The summed E-state index contributed by atoms with van der Waals surface area (Å²) in [5.41, 5.74) is 1.97. The molecule has 2 aliphatic rings. The summed E-state index contributed by atoms with van der Waals surface area (Å²) in [5, 5.41) is 17.3. The number of hydrogen-bond donors (Lipinski definition) is 0. The molecule has 0 unspecified atom stereocenters. The molecule has 11 heteroatoms. The van der Waals surface area contributed by atoms with E-state index >= 15 is 0 Å². The van der Waals surface area contributed by atoms with E-state index in [0.717, 1.165) is 23.1 Å². The number of methoxy groups -OCH3 is 1. The highest BCUT2D eigenvalue weighted by Gasteiger charge is 2.57. The molecule has 32 heavy (non-hydrogen) atoms. The van der Waals surface area contributed by atoms with E-state index in [0.29, 0.717) is 10.6 Å². The lowest BCUT2D eigenvalue weighted by Gasteiger charge is -2.41. The third-order valence-corrected chi connectivity index (χ3v) is 7.84. The third kappa shape index (κ3) is 3.53. The monoisotopic (exact) mass is 470 g/mol. The van der Waals surface area contributed by atoms with Gasteiger partial charge in [-0.15, -0.1) is 0 Å². The summed E-state index contributed by atoms with van der Waals surface area (Å²) in [4.78, 5) is 38.0. The fourth-order valence-corrected chi connectivity index (χ4v) is 6.46. The number of hydrazone groups is 1. The van der Waals surface area contributed by atoms with Crippen molar-refractivity contribution >= 4 is 57.4 Å². The summed E-state index contributed by atoms with van der Waals surface area (Å²) < 4.78 is 3.82. The van der Waals surface area contributed by atoms with Crippen molar-refractivity contribution in [1.29, 1.82) is 0 Å². The van der Waals surface area contributed by atoms with Gasteiger partial charge in [0.2, 0.25) is 9.37 Å². The molecule has 0 aliphatic carbocycles. The number of thioether (sulfide) groups is 2. The smallest absolute Gasteiger partial charge is 0.365 e. The molecular formula is C21H18N4O5S2. The van der Waals surface area contributed by atoms with E-state index in [4.69, 9.17) is 4.74 Å². The summed E-state index contributed by atoms with van der Waals surface area (Å²) >= 11 is 2.43. The topological polar surface area (TPSA) is 105 Å². The van der Waals surface area contributed by atoms with Crippen LogP contribution in [-0.2, 0) is 14.3 Å². The van der Waals surface area contributed by atoms with Crippen LogP contribution in [0.4, 0.5) is 17.1 Å². The fourth-order valence-electron chi connectivity index (χ4n) is 3.48. The first kappa shape index (κ1) is 21.9. The van der Waals surface area contributed by atoms with Gasteiger partial charge in [-0.25, -0.2) is 9.80 Å². The predicted octanol–water partition coefficient (Wildman–Crippen LogP) is 4.32. The molecule has 2 heterocycles. The lowest BCUT2D eigenvalue weighted by atomic mass is 10.2. The Balaban J connectivity index is 1.89. The third-order valence-electron chi connectivity index (χ3n) is 4.87. The zero-order chi connectivity index (χ0) is 23.0. The van der Waals surface area contributed by atoms with Crippen LogP contribution in [0, 0.1) is 10.1 Å². The molecule has 1 atom stereocenters. The van der Waals surface area contributed by atoms with Crippen LogP contribution in [0.15, 0.2) is 70.3 Å². The number of non-ortho nitro benzene ring substituents is 1. The van der Waals surface area contributed by atoms with Gasteiger partial charge in [0.1, 0.15) is 0 Å².